The van der Waals surface area contributed by atoms with Gasteiger partial charge in [0.05, 0.1) is 24.8 Å². The predicted octanol–water partition coefficient (Wildman–Crippen LogP) is 2.99. The number of nitrogens with zero attached hydrogens (tertiary/aromatic N) is 4. The van der Waals surface area contributed by atoms with E-state index >= 15 is 0 Å². The summed E-state index contributed by atoms with van der Waals surface area (Å²) in [5, 5.41) is 14.4. The standard InChI is InChI=1S/C19H21N5O3S/c1-19(2,3)15-10-14(18(26)27-4)17(28-15)21-16(25)9-12-5-7-13(8-6-12)24-11-20-22-23-24/h5-8,10-11H,9H2,1-4H3,(H,21,25). The minimum Gasteiger partial charge on any atom is -0.465 e. The van der Waals surface area contributed by atoms with E-state index in [0.29, 0.717) is 10.6 Å². The number of carbonyl (C=O) groups is 2. The zero-order chi connectivity index (χ0) is 20.3. The number of tetrazole rings is 1. The van der Waals surface area contributed by atoms with Crippen molar-refractivity contribution in [3.05, 3.63) is 52.7 Å². The van der Waals surface area contributed by atoms with Gasteiger partial charge in [-0.2, -0.15) is 0 Å². The summed E-state index contributed by atoms with van der Waals surface area (Å²) >= 11 is 1.39. The van der Waals surface area contributed by atoms with Gasteiger partial charge in [0.15, 0.2) is 0 Å². The second kappa shape index (κ2) is 7.89. The number of hydrogen-bond acceptors (Lipinski definition) is 7. The Bertz CT molecular complexity index is 972. The van der Waals surface area contributed by atoms with E-state index in [1.54, 1.807) is 6.07 Å². The van der Waals surface area contributed by atoms with Gasteiger partial charge in [0, 0.05) is 4.88 Å². The summed E-state index contributed by atoms with van der Waals surface area (Å²) in [5.74, 6) is -0.671. The number of methoxy groups -OCH3 is 1. The lowest BCUT2D eigenvalue weighted by atomic mass is 9.94. The first-order valence-corrected chi connectivity index (χ1v) is 9.44. The van der Waals surface area contributed by atoms with Crippen LogP contribution in [-0.2, 0) is 21.4 Å². The molecule has 146 valence electrons. The van der Waals surface area contributed by atoms with E-state index < -0.39 is 5.97 Å². The largest absolute Gasteiger partial charge is 0.465 e. The van der Waals surface area contributed by atoms with Crippen LogP contribution >= 0.6 is 11.3 Å². The maximum absolute atomic E-state index is 12.5. The highest BCUT2D eigenvalue weighted by Gasteiger charge is 2.24. The maximum Gasteiger partial charge on any atom is 0.340 e. The van der Waals surface area contributed by atoms with Crippen LogP contribution in [0.25, 0.3) is 5.69 Å². The molecule has 3 aromatic rings. The lowest BCUT2D eigenvalue weighted by Crippen LogP contribution is -2.15. The molecule has 3 rings (SSSR count). The van der Waals surface area contributed by atoms with Gasteiger partial charge < -0.3 is 10.1 Å². The van der Waals surface area contributed by atoms with Crippen LogP contribution in [0.5, 0.6) is 0 Å². The molecule has 0 atom stereocenters. The predicted molar refractivity (Wildman–Crippen MR) is 106 cm³/mol. The molecule has 0 radical (unpaired) electrons. The SMILES string of the molecule is COC(=O)c1cc(C(C)(C)C)sc1NC(=O)Cc1ccc(-n2cnnn2)cc1. The summed E-state index contributed by atoms with van der Waals surface area (Å²) in [6.07, 6.45) is 1.68. The quantitative estimate of drug-likeness (QED) is 0.662. The highest BCUT2D eigenvalue weighted by atomic mass is 32.1. The van der Waals surface area contributed by atoms with E-state index in [-0.39, 0.29) is 17.7 Å². The summed E-state index contributed by atoms with van der Waals surface area (Å²) in [4.78, 5) is 25.6. The molecule has 0 bridgehead atoms. The third kappa shape index (κ3) is 4.42. The number of hydrogen-bond donors (Lipinski definition) is 1. The highest BCUT2D eigenvalue weighted by molar-refractivity contribution is 7.16. The molecule has 2 heterocycles. The van der Waals surface area contributed by atoms with Crippen molar-refractivity contribution >= 4 is 28.2 Å². The van der Waals surface area contributed by atoms with Crippen molar-refractivity contribution < 1.29 is 14.3 Å². The average molecular weight is 399 g/mol. The van der Waals surface area contributed by atoms with Gasteiger partial charge in [-0.1, -0.05) is 32.9 Å². The lowest BCUT2D eigenvalue weighted by Gasteiger charge is -2.15. The van der Waals surface area contributed by atoms with Gasteiger partial charge in [0.1, 0.15) is 11.3 Å². The smallest absolute Gasteiger partial charge is 0.340 e. The van der Waals surface area contributed by atoms with E-state index in [1.165, 1.54) is 29.5 Å². The molecule has 1 aromatic carbocycles. The molecule has 0 unspecified atom stereocenters. The van der Waals surface area contributed by atoms with Gasteiger partial charge >= 0.3 is 5.97 Å². The Balaban J connectivity index is 1.74. The number of benzene rings is 1. The number of ether oxygens (including phenoxy) is 1. The van der Waals surface area contributed by atoms with Crippen molar-refractivity contribution in [2.75, 3.05) is 12.4 Å². The molecule has 0 aliphatic rings. The fourth-order valence-corrected chi connectivity index (χ4v) is 3.64. The summed E-state index contributed by atoms with van der Waals surface area (Å²) in [6, 6.07) is 9.14. The van der Waals surface area contributed by atoms with Gasteiger partial charge in [-0.25, -0.2) is 9.48 Å². The fourth-order valence-electron chi connectivity index (χ4n) is 2.52. The van der Waals surface area contributed by atoms with Gasteiger partial charge in [0.2, 0.25) is 5.91 Å². The van der Waals surface area contributed by atoms with E-state index in [0.717, 1.165) is 16.1 Å². The van der Waals surface area contributed by atoms with Crippen LogP contribution in [0.4, 0.5) is 5.00 Å². The Labute approximate surface area is 166 Å². The van der Waals surface area contributed by atoms with Crippen LogP contribution in [-0.4, -0.2) is 39.2 Å². The van der Waals surface area contributed by atoms with Crippen LogP contribution < -0.4 is 5.32 Å². The van der Waals surface area contributed by atoms with Gasteiger partial charge in [-0.05, 0) is 39.6 Å². The van der Waals surface area contributed by atoms with E-state index in [1.807, 2.05) is 24.3 Å². The van der Waals surface area contributed by atoms with Crippen molar-refractivity contribution in [2.45, 2.75) is 32.6 Å². The summed E-state index contributed by atoms with van der Waals surface area (Å²) in [7, 11) is 1.33. The van der Waals surface area contributed by atoms with Gasteiger partial charge in [0.25, 0.3) is 0 Å². The van der Waals surface area contributed by atoms with Crippen LogP contribution in [0.3, 0.4) is 0 Å². The van der Waals surface area contributed by atoms with Crippen molar-refractivity contribution in [1.29, 1.82) is 0 Å². The molecule has 0 aliphatic carbocycles. The molecule has 2 aromatic heterocycles. The molecule has 28 heavy (non-hydrogen) atoms. The average Bonchev–Trinajstić information content (AvgIpc) is 3.31. The number of aromatic nitrogens is 4. The third-order valence-corrected chi connectivity index (χ3v) is 5.52. The first-order valence-electron chi connectivity index (χ1n) is 8.62. The zero-order valence-electron chi connectivity index (χ0n) is 16.1. The summed E-state index contributed by atoms with van der Waals surface area (Å²) < 4.78 is 6.38. The van der Waals surface area contributed by atoms with Gasteiger partial charge in [-0.3, -0.25) is 4.79 Å². The maximum atomic E-state index is 12.5. The first-order chi connectivity index (χ1) is 13.3. The fraction of sp³-hybridized carbons (Fsp3) is 0.316. The molecule has 0 saturated carbocycles. The number of amides is 1. The number of thiophene rings is 1. The molecule has 1 amide bonds. The molecule has 0 aliphatic heterocycles. The van der Waals surface area contributed by atoms with E-state index in [2.05, 4.69) is 41.6 Å². The van der Waals surface area contributed by atoms with Crippen molar-refractivity contribution in [1.82, 2.24) is 20.2 Å². The number of esters is 1. The Morgan fingerprint density at radius 1 is 1.21 bits per heavy atom. The third-order valence-electron chi connectivity index (χ3n) is 4.04. The summed E-state index contributed by atoms with van der Waals surface area (Å²) in [5.41, 5.74) is 1.87. The topological polar surface area (TPSA) is 99.0 Å². The number of nitrogens with one attached hydrogen (secondary N) is 1. The first kappa shape index (κ1) is 19.7. The van der Waals surface area contributed by atoms with Crippen molar-refractivity contribution in [2.24, 2.45) is 0 Å². The zero-order valence-corrected chi connectivity index (χ0v) is 16.9. The van der Waals surface area contributed by atoms with Crippen LogP contribution in [0.15, 0.2) is 36.7 Å². The minimum atomic E-state index is -0.465. The molecule has 9 heteroatoms. The molecular weight excluding hydrogens is 378 g/mol. The molecule has 0 fully saturated rings. The molecule has 8 nitrogen and oxygen atoms in total. The Kier molecular flexibility index (Phi) is 5.55. The minimum absolute atomic E-state index is 0.136. The molecule has 0 spiro atoms. The lowest BCUT2D eigenvalue weighted by molar-refractivity contribution is -0.115. The highest BCUT2D eigenvalue weighted by Crippen LogP contribution is 2.36. The van der Waals surface area contributed by atoms with Crippen LogP contribution in [0, 0.1) is 0 Å². The summed E-state index contributed by atoms with van der Waals surface area (Å²) in [6.45, 7) is 6.16. The second-order valence-corrected chi connectivity index (χ2v) is 8.29. The number of rotatable bonds is 5. The van der Waals surface area contributed by atoms with E-state index in [4.69, 9.17) is 4.74 Å². The van der Waals surface area contributed by atoms with Gasteiger partial charge in [-0.15, -0.1) is 16.4 Å². The second-order valence-electron chi connectivity index (χ2n) is 7.24. The number of anilines is 1. The van der Waals surface area contributed by atoms with Crippen molar-refractivity contribution in [3.8, 4) is 5.69 Å². The molecular formula is C19H21N5O3S. The Hall–Kier alpha value is -3.07. The number of carbonyl (C=O) groups excluding carboxylic acids is 2. The Morgan fingerprint density at radius 3 is 2.50 bits per heavy atom. The normalized spacial score (nSPS) is 11.3. The van der Waals surface area contributed by atoms with Crippen LogP contribution in [0.1, 0.15) is 41.6 Å². The van der Waals surface area contributed by atoms with Crippen LogP contribution in [0.2, 0.25) is 0 Å². The van der Waals surface area contributed by atoms with E-state index in [9.17, 15) is 9.59 Å². The molecule has 0 saturated heterocycles. The van der Waals surface area contributed by atoms with Crippen molar-refractivity contribution in [3.63, 3.8) is 0 Å². The Morgan fingerprint density at radius 2 is 1.93 bits per heavy atom. The monoisotopic (exact) mass is 399 g/mol. The molecule has 1 N–H and O–H groups in total.